The van der Waals surface area contributed by atoms with E-state index < -0.39 is 23.5 Å². The maximum absolute atomic E-state index is 13.5. The molecule has 1 aliphatic rings. The zero-order valence-corrected chi connectivity index (χ0v) is 22.7. The summed E-state index contributed by atoms with van der Waals surface area (Å²) in [5, 5.41) is 12.7. The predicted molar refractivity (Wildman–Crippen MR) is 150 cm³/mol. The Balaban J connectivity index is 1.57. The summed E-state index contributed by atoms with van der Waals surface area (Å²) in [4.78, 5) is 2.50. The van der Waals surface area contributed by atoms with Crippen molar-refractivity contribution in [2.24, 2.45) is 5.14 Å². The highest BCUT2D eigenvalue weighted by atomic mass is 32.3. The van der Waals surface area contributed by atoms with Gasteiger partial charge in [0.25, 0.3) is 0 Å². The van der Waals surface area contributed by atoms with Crippen LogP contribution in [0.4, 0.5) is 24.5 Å². The number of fused-ring (bicyclic) bond motifs is 1. The van der Waals surface area contributed by atoms with Gasteiger partial charge in [-0.2, -0.15) is 13.2 Å². The normalized spacial score (nSPS) is 15.6. The summed E-state index contributed by atoms with van der Waals surface area (Å²) < 4.78 is 66.4. The third-order valence-corrected chi connectivity index (χ3v) is 7.73. The summed E-state index contributed by atoms with van der Waals surface area (Å²) in [5.41, 5.74) is 2.06. The number of anilines is 2. The first-order chi connectivity index (χ1) is 18.5. The van der Waals surface area contributed by atoms with E-state index in [1.807, 2.05) is 6.07 Å². The molecule has 6 N–H and O–H groups in total. The molecule has 3 aromatic rings. The minimum Gasteiger partial charge on any atom is -0.495 e. The van der Waals surface area contributed by atoms with Gasteiger partial charge < -0.3 is 24.8 Å². The van der Waals surface area contributed by atoms with E-state index in [1.165, 1.54) is 23.8 Å². The van der Waals surface area contributed by atoms with E-state index in [9.17, 15) is 22.3 Å². The number of methoxy groups -OCH3 is 1. The number of benzene rings is 2. The fraction of sp³-hybridized carbons (Fsp3) is 0.407. The van der Waals surface area contributed by atoms with Crippen molar-refractivity contribution in [1.29, 1.82) is 0 Å². The second kappa shape index (κ2) is 12.0. The molecule has 4 rings (SSSR count). The van der Waals surface area contributed by atoms with Crippen LogP contribution in [0.1, 0.15) is 25.5 Å². The highest BCUT2D eigenvalue weighted by Gasteiger charge is 2.30. The van der Waals surface area contributed by atoms with E-state index in [4.69, 9.17) is 9.88 Å². The fourth-order valence-electron chi connectivity index (χ4n) is 4.76. The van der Waals surface area contributed by atoms with Crippen LogP contribution < -0.4 is 20.5 Å². The number of piperidine rings is 1. The number of aromatic nitrogens is 1. The van der Waals surface area contributed by atoms with Gasteiger partial charge in [0.1, 0.15) is 12.3 Å². The lowest BCUT2D eigenvalue weighted by molar-refractivity contribution is -0.140. The molecule has 0 aliphatic carbocycles. The van der Waals surface area contributed by atoms with Gasteiger partial charge in [0.2, 0.25) is 0 Å². The number of alkyl halides is 3. The van der Waals surface area contributed by atoms with Crippen molar-refractivity contribution < 1.29 is 27.0 Å². The Labute approximate surface area is 227 Å². The van der Waals surface area contributed by atoms with E-state index >= 15 is 0 Å². The molecule has 1 saturated heterocycles. The summed E-state index contributed by atoms with van der Waals surface area (Å²) in [7, 11) is -1.98. The van der Waals surface area contributed by atoms with Crippen molar-refractivity contribution in [3.8, 4) is 17.6 Å². The lowest BCUT2D eigenvalue weighted by Crippen LogP contribution is -2.38. The molecule has 0 amide bonds. The number of rotatable bonds is 8. The van der Waals surface area contributed by atoms with Gasteiger partial charge in [0.15, 0.2) is 0 Å². The van der Waals surface area contributed by atoms with Crippen molar-refractivity contribution in [3.05, 3.63) is 48.2 Å². The third-order valence-electron chi connectivity index (χ3n) is 6.78. The molecule has 39 heavy (non-hydrogen) atoms. The smallest absolute Gasteiger partial charge is 0.406 e. The second-order valence-electron chi connectivity index (χ2n) is 9.43. The molecule has 0 atom stereocenters. The zero-order valence-electron chi connectivity index (χ0n) is 21.9. The van der Waals surface area contributed by atoms with Gasteiger partial charge in [-0.25, -0.2) is 5.14 Å². The van der Waals surface area contributed by atoms with Crippen LogP contribution in [0.25, 0.3) is 10.9 Å². The molecular weight excluding hydrogens is 531 g/mol. The van der Waals surface area contributed by atoms with Crippen LogP contribution in [-0.2, 0) is 6.54 Å². The molecular formula is C27H34F3N5O3S. The van der Waals surface area contributed by atoms with Crippen LogP contribution in [0, 0.1) is 11.8 Å². The number of halogens is 3. The Kier molecular flexibility index (Phi) is 8.88. The standard InChI is InChI=1S/C27H34F3N5O3S/c1-3-34-14-11-19(12-15-34)33-23-7-4-8-25-22(23)16-20(35(25)18-27(28,29)30)6-5-13-32-24-10-9-21(39(31,36)37)17-26(24)38-2/h4,7-10,16-17,19,32-33,36-37H,3,11-15,18,31H2,1-2H3. The van der Waals surface area contributed by atoms with Gasteiger partial charge >= 0.3 is 6.18 Å². The predicted octanol–water partition coefficient (Wildman–Crippen LogP) is 5.56. The van der Waals surface area contributed by atoms with Crippen LogP contribution >= 0.6 is 10.8 Å². The quantitative estimate of drug-likeness (QED) is 0.228. The van der Waals surface area contributed by atoms with E-state index in [1.54, 1.807) is 24.3 Å². The molecule has 2 aromatic carbocycles. The molecule has 0 spiro atoms. The third kappa shape index (κ3) is 7.32. The lowest BCUT2D eigenvalue weighted by atomic mass is 10.0. The maximum atomic E-state index is 13.5. The molecule has 1 fully saturated rings. The summed E-state index contributed by atoms with van der Waals surface area (Å²) in [6.07, 6.45) is -2.47. The van der Waals surface area contributed by atoms with Crippen molar-refractivity contribution in [3.63, 3.8) is 0 Å². The molecule has 0 unspecified atom stereocenters. The average Bonchev–Trinajstić information content (AvgIpc) is 3.23. The number of likely N-dealkylation sites (tertiary alicyclic amines) is 1. The van der Waals surface area contributed by atoms with Crippen LogP contribution in [0.3, 0.4) is 0 Å². The van der Waals surface area contributed by atoms with Crippen LogP contribution in [-0.4, -0.2) is 64.1 Å². The molecule has 2 heterocycles. The van der Waals surface area contributed by atoms with Crippen LogP contribution in [0.5, 0.6) is 5.75 Å². The summed E-state index contributed by atoms with van der Waals surface area (Å²) in [5.74, 6) is 6.11. The highest BCUT2D eigenvalue weighted by molar-refractivity contribution is 8.22. The van der Waals surface area contributed by atoms with Crippen molar-refractivity contribution >= 4 is 33.1 Å². The molecule has 1 aliphatic heterocycles. The Bertz CT molecular complexity index is 1350. The Morgan fingerprint density at radius 1 is 1.13 bits per heavy atom. The fourth-order valence-corrected chi connectivity index (χ4v) is 5.30. The number of nitrogens with zero attached hydrogens (tertiary/aromatic N) is 2. The Hall–Kier alpha value is -3.08. The minimum atomic E-state index is -4.41. The van der Waals surface area contributed by atoms with Crippen molar-refractivity contribution in [2.75, 3.05) is 43.9 Å². The van der Waals surface area contributed by atoms with Gasteiger partial charge in [-0.15, -0.1) is 10.8 Å². The van der Waals surface area contributed by atoms with E-state index in [2.05, 4.69) is 34.3 Å². The SMILES string of the molecule is CCN1CCC(Nc2cccc3c2cc(C#CCNc2ccc(S(N)(O)O)cc2OC)n3CC(F)(F)F)CC1. The summed E-state index contributed by atoms with van der Waals surface area (Å²) in [6.45, 7) is 4.10. The number of nitrogens with two attached hydrogens (primary N) is 1. The molecule has 1 aromatic heterocycles. The zero-order chi connectivity index (χ0) is 28.2. The lowest BCUT2D eigenvalue weighted by Gasteiger charge is -2.32. The molecule has 8 nitrogen and oxygen atoms in total. The van der Waals surface area contributed by atoms with Crippen LogP contribution in [0.15, 0.2) is 47.4 Å². The topological polar surface area (TPSA) is 108 Å². The first-order valence-corrected chi connectivity index (χ1v) is 14.2. The van der Waals surface area contributed by atoms with E-state index in [-0.39, 0.29) is 23.2 Å². The largest absolute Gasteiger partial charge is 0.495 e. The van der Waals surface area contributed by atoms with Gasteiger partial charge in [-0.05, 0) is 55.6 Å². The number of nitrogens with one attached hydrogen (secondary N) is 2. The molecule has 0 bridgehead atoms. The number of hydrogen-bond acceptors (Lipinski definition) is 7. The monoisotopic (exact) mass is 565 g/mol. The van der Waals surface area contributed by atoms with Crippen molar-refractivity contribution in [2.45, 2.75) is 43.4 Å². The highest BCUT2D eigenvalue weighted by Crippen LogP contribution is 2.43. The van der Waals surface area contributed by atoms with Crippen molar-refractivity contribution in [1.82, 2.24) is 9.47 Å². The number of ether oxygens (including phenoxy) is 1. The first kappa shape index (κ1) is 28.9. The Morgan fingerprint density at radius 3 is 2.51 bits per heavy atom. The molecule has 12 heteroatoms. The average molecular weight is 566 g/mol. The number of hydrogen-bond donors (Lipinski definition) is 5. The van der Waals surface area contributed by atoms with Gasteiger partial charge in [-0.1, -0.05) is 18.9 Å². The maximum Gasteiger partial charge on any atom is 0.406 e. The first-order valence-electron chi connectivity index (χ1n) is 12.6. The van der Waals surface area contributed by atoms with E-state index in [0.717, 1.165) is 38.2 Å². The summed E-state index contributed by atoms with van der Waals surface area (Å²) in [6, 6.07) is 11.7. The van der Waals surface area contributed by atoms with Crippen LogP contribution in [0.2, 0.25) is 0 Å². The van der Waals surface area contributed by atoms with Gasteiger partial charge in [-0.3, -0.25) is 9.11 Å². The molecule has 0 saturated carbocycles. The molecule has 0 radical (unpaired) electrons. The second-order valence-corrected chi connectivity index (χ2v) is 11.1. The van der Waals surface area contributed by atoms with Gasteiger partial charge in [0, 0.05) is 36.3 Å². The minimum absolute atomic E-state index is 0.114. The summed E-state index contributed by atoms with van der Waals surface area (Å²) >= 11 is 0. The van der Waals surface area contributed by atoms with Gasteiger partial charge in [0.05, 0.1) is 35.4 Å². The van der Waals surface area contributed by atoms with E-state index in [0.29, 0.717) is 22.3 Å². The molecule has 212 valence electrons. The Morgan fingerprint density at radius 2 is 1.87 bits per heavy atom.